The van der Waals surface area contributed by atoms with Gasteiger partial charge in [0.15, 0.2) is 6.04 Å². The molecule has 0 aliphatic rings. The van der Waals surface area contributed by atoms with Crippen molar-refractivity contribution in [3.05, 3.63) is 29.8 Å². The number of aryl methyl sites for hydroxylation is 1. The number of amides is 1. The van der Waals surface area contributed by atoms with Crippen molar-refractivity contribution in [3.63, 3.8) is 0 Å². The van der Waals surface area contributed by atoms with E-state index in [1.807, 2.05) is 6.07 Å². The highest BCUT2D eigenvalue weighted by atomic mass is 19.1. The van der Waals surface area contributed by atoms with Gasteiger partial charge in [-0.05, 0) is 24.1 Å². The van der Waals surface area contributed by atoms with Crippen LogP contribution in [0.3, 0.4) is 0 Å². The Bertz CT molecular complexity index is 450. The lowest BCUT2D eigenvalue weighted by molar-refractivity contribution is -0.142. The van der Waals surface area contributed by atoms with Crippen molar-refractivity contribution < 1.29 is 23.8 Å². The van der Waals surface area contributed by atoms with Gasteiger partial charge in [-0.3, -0.25) is 4.79 Å². The molecule has 1 amide bonds. The van der Waals surface area contributed by atoms with Crippen LogP contribution in [0.4, 0.5) is 4.39 Å². The molecule has 104 valence electrons. The zero-order valence-corrected chi connectivity index (χ0v) is 10.6. The Balaban J connectivity index is 2.47. The summed E-state index contributed by atoms with van der Waals surface area (Å²) in [4.78, 5) is 22.0. The minimum Gasteiger partial charge on any atom is -0.497 e. The smallest absolute Gasteiger partial charge is 0.328 e. The first-order chi connectivity index (χ1) is 9.06. The molecule has 2 N–H and O–H groups in total. The number of aliphatic carboxylic acids is 1. The number of carboxylic acid groups (broad SMARTS) is 1. The van der Waals surface area contributed by atoms with Crippen LogP contribution in [0.2, 0.25) is 0 Å². The summed E-state index contributed by atoms with van der Waals surface area (Å²) in [5, 5.41) is 10.7. The molecular formula is C13H16FNO4. The van der Waals surface area contributed by atoms with Crippen molar-refractivity contribution in [3.8, 4) is 5.75 Å². The number of carbonyl (C=O) groups excluding carboxylic acids is 1. The summed E-state index contributed by atoms with van der Waals surface area (Å²) in [6, 6.07) is 5.73. The number of hydrogen-bond donors (Lipinski definition) is 2. The van der Waals surface area contributed by atoms with E-state index < -0.39 is 24.6 Å². The standard InChI is InChI=1S/C13H16FNO4/c1-19-10-4-2-3-9(7-10)5-6-12(16)15-11(8-14)13(17)18/h2-4,7,11H,5-6,8H2,1H3,(H,15,16)(H,17,18). The molecule has 6 heteroatoms. The Hall–Kier alpha value is -2.11. The number of rotatable bonds is 7. The van der Waals surface area contributed by atoms with Crippen LogP contribution in [0.25, 0.3) is 0 Å². The van der Waals surface area contributed by atoms with Gasteiger partial charge in [-0.15, -0.1) is 0 Å². The van der Waals surface area contributed by atoms with Crippen LogP contribution in [-0.2, 0) is 16.0 Å². The number of nitrogens with one attached hydrogen (secondary N) is 1. The maximum atomic E-state index is 12.3. The van der Waals surface area contributed by atoms with Crippen molar-refractivity contribution in [1.82, 2.24) is 5.32 Å². The molecule has 0 spiro atoms. The average molecular weight is 269 g/mol. The molecule has 0 aliphatic carbocycles. The average Bonchev–Trinajstić information content (AvgIpc) is 2.42. The fourth-order valence-corrected chi connectivity index (χ4v) is 1.52. The van der Waals surface area contributed by atoms with Gasteiger partial charge in [0.05, 0.1) is 7.11 Å². The van der Waals surface area contributed by atoms with Gasteiger partial charge in [-0.25, -0.2) is 9.18 Å². The molecule has 0 saturated heterocycles. The topological polar surface area (TPSA) is 75.6 Å². The van der Waals surface area contributed by atoms with Gasteiger partial charge in [0.25, 0.3) is 0 Å². The van der Waals surface area contributed by atoms with Gasteiger partial charge in [0.2, 0.25) is 5.91 Å². The summed E-state index contributed by atoms with van der Waals surface area (Å²) in [7, 11) is 1.55. The SMILES string of the molecule is COc1cccc(CCC(=O)NC(CF)C(=O)O)c1. The van der Waals surface area contributed by atoms with Crippen molar-refractivity contribution in [2.45, 2.75) is 18.9 Å². The van der Waals surface area contributed by atoms with Crippen molar-refractivity contribution in [1.29, 1.82) is 0 Å². The summed E-state index contributed by atoms with van der Waals surface area (Å²) in [6.45, 7) is -1.12. The van der Waals surface area contributed by atoms with Gasteiger partial charge < -0.3 is 15.2 Å². The van der Waals surface area contributed by atoms with Crippen LogP contribution in [0, 0.1) is 0 Å². The molecule has 1 atom stereocenters. The van der Waals surface area contributed by atoms with E-state index >= 15 is 0 Å². The van der Waals surface area contributed by atoms with Crippen LogP contribution in [-0.4, -0.2) is 36.8 Å². The molecule has 19 heavy (non-hydrogen) atoms. The lowest BCUT2D eigenvalue weighted by atomic mass is 10.1. The minimum atomic E-state index is -1.47. The van der Waals surface area contributed by atoms with Gasteiger partial charge in [-0.2, -0.15) is 0 Å². The molecule has 1 aromatic rings. The van der Waals surface area contributed by atoms with Gasteiger partial charge in [-0.1, -0.05) is 12.1 Å². The first-order valence-electron chi connectivity index (χ1n) is 5.78. The molecule has 1 aromatic carbocycles. The first-order valence-corrected chi connectivity index (χ1v) is 5.78. The number of methoxy groups -OCH3 is 1. The fourth-order valence-electron chi connectivity index (χ4n) is 1.52. The lowest BCUT2D eigenvalue weighted by Crippen LogP contribution is -2.42. The fraction of sp³-hybridized carbons (Fsp3) is 0.385. The summed E-state index contributed by atoms with van der Waals surface area (Å²) < 4.78 is 17.4. The minimum absolute atomic E-state index is 0.0942. The van der Waals surface area contributed by atoms with Crippen LogP contribution >= 0.6 is 0 Å². The monoisotopic (exact) mass is 269 g/mol. The van der Waals surface area contributed by atoms with Crippen molar-refractivity contribution in [2.75, 3.05) is 13.8 Å². The zero-order valence-electron chi connectivity index (χ0n) is 10.6. The highest BCUT2D eigenvalue weighted by Crippen LogP contribution is 2.13. The lowest BCUT2D eigenvalue weighted by Gasteiger charge is -2.10. The van der Waals surface area contributed by atoms with Crippen molar-refractivity contribution >= 4 is 11.9 Å². The van der Waals surface area contributed by atoms with Crippen LogP contribution < -0.4 is 10.1 Å². The van der Waals surface area contributed by atoms with E-state index in [1.54, 1.807) is 25.3 Å². The van der Waals surface area contributed by atoms with Crippen LogP contribution in [0.1, 0.15) is 12.0 Å². The molecular weight excluding hydrogens is 253 g/mol. The summed E-state index contributed by atoms with van der Waals surface area (Å²) in [6.07, 6.45) is 0.526. The molecule has 1 rings (SSSR count). The van der Waals surface area contributed by atoms with Gasteiger partial charge in [0, 0.05) is 6.42 Å². The predicted molar refractivity (Wildman–Crippen MR) is 66.9 cm³/mol. The molecule has 0 heterocycles. The van der Waals surface area contributed by atoms with E-state index in [4.69, 9.17) is 9.84 Å². The Kier molecular flexibility index (Phi) is 5.78. The van der Waals surface area contributed by atoms with Crippen LogP contribution in [0.5, 0.6) is 5.75 Å². The summed E-state index contributed by atoms with van der Waals surface area (Å²) in [5.41, 5.74) is 0.890. The first kappa shape index (κ1) is 14.9. The van der Waals surface area contributed by atoms with E-state index in [9.17, 15) is 14.0 Å². The maximum Gasteiger partial charge on any atom is 0.328 e. The second-order valence-electron chi connectivity index (χ2n) is 3.96. The number of benzene rings is 1. The van der Waals surface area contributed by atoms with Gasteiger partial charge in [0.1, 0.15) is 12.4 Å². The molecule has 0 radical (unpaired) electrons. The second-order valence-corrected chi connectivity index (χ2v) is 3.96. The Morgan fingerprint density at radius 3 is 2.79 bits per heavy atom. The number of hydrogen-bond acceptors (Lipinski definition) is 3. The molecule has 0 aromatic heterocycles. The highest BCUT2D eigenvalue weighted by Gasteiger charge is 2.19. The summed E-state index contributed by atoms with van der Waals surface area (Å²) >= 11 is 0. The normalized spacial score (nSPS) is 11.7. The number of carboxylic acids is 1. The maximum absolute atomic E-state index is 12.3. The van der Waals surface area contributed by atoms with E-state index in [0.29, 0.717) is 12.2 Å². The largest absolute Gasteiger partial charge is 0.497 e. The quantitative estimate of drug-likeness (QED) is 0.779. The number of alkyl halides is 1. The second kappa shape index (κ2) is 7.35. The van der Waals surface area contributed by atoms with Crippen molar-refractivity contribution in [2.24, 2.45) is 0 Å². The van der Waals surface area contributed by atoms with E-state index in [0.717, 1.165) is 5.56 Å². The molecule has 0 aliphatic heterocycles. The zero-order chi connectivity index (χ0) is 14.3. The third-order valence-electron chi connectivity index (χ3n) is 2.56. The van der Waals surface area contributed by atoms with E-state index in [2.05, 4.69) is 5.32 Å². The third-order valence-corrected chi connectivity index (χ3v) is 2.56. The molecule has 1 unspecified atom stereocenters. The molecule has 0 bridgehead atoms. The van der Waals surface area contributed by atoms with Crippen LogP contribution in [0.15, 0.2) is 24.3 Å². The third kappa shape index (κ3) is 4.95. The Morgan fingerprint density at radius 1 is 1.47 bits per heavy atom. The highest BCUT2D eigenvalue weighted by molar-refractivity contribution is 5.83. The van der Waals surface area contributed by atoms with E-state index in [-0.39, 0.29) is 6.42 Å². The molecule has 0 fully saturated rings. The number of ether oxygens (including phenoxy) is 1. The summed E-state index contributed by atoms with van der Waals surface area (Å²) in [5.74, 6) is -1.19. The molecule has 0 saturated carbocycles. The molecule has 5 nitrogen and oxygen atoms in total. The Labute approximate surface area is 110 Å². The van der Waals surface area contributed by atoms with Gasteiger partial charge >= 0.3 is 5.97 Å². The van der Waals surface area contributed by atoms with E-state index in [1.165, 1.54) is 0 Å². The Morgan fingerprint density at radius 2 is 2.21 bits per heavy atom. The number of carbonyl (C=O) groups is 2. The predicted octanol–water partition coefficient (Wildman–Crippen LogP) is 1.17. The number of halogens is 1.